The van der Waals surface area contributed by atoms with Gasteiger partial charge in [0.2, 0.25) is 0 Å². The minimum atomic E-state index is -0.950. The van der Waals surface area contributed by atoms with Crippen LogP contribution in [0.1, 0.15) is 6.92 Å². The third-order valence-electron chi connectivity index (χ3n) is 2.26. The van der Waals surface area contributed by atoms with E-state index in [-0.39, 0.29) is 6.54 Å². The molecular weight excluding hydrogens is 307 g/mol. The van der Waals surface area contributed by atoms with Gasteiger partial charge in [-0.25, -0.2) is 4.79 Å². The molecule has 2 amide bonds. The molecule has 0 aliphatic carbocycles. The highest BCUT2D eigenvalue weighted by atomic mass is 35.5. The monoisotopic (exact) mass is 322 g/mol. The zero-order valence-electron chi connectivity index (χ0n) is 10.7. The predicted molar refractivity (Wildman–Crippen MR) is 82.5 cm³/mol. The number of hydrogen-bond donors (Lipinski definition) is 3. The quantitative estimate of drug-likeness (QED) is 0.780. The first kappa shape index (κ1) is 16.4. The van der Waals surface area contributed by atoms with E-state index in [1.165, 1.54) is 11.8 Å². The number of carbonyl (C=O) groups is 1. The van der Waals surface area contributed by atoms with Gasteiger partial charge >= 0.3 is 6.03 Å². The molecule has 0 saturated carbocycles. The lowest BCUT2D eigenvalue weighted by Crippen LogP contribution is -2.43. The summed E-state index contributed by atoms with van der Waals surface area (Å²) >= 11 is 13.3. The van der Waals surface area contributed by atoms with Crippen LogP contribution in [0, 0.1) is 0 Å². The number of amides is 2. The molecule has 7 heteroatoms. The molecular formula is C12H16Cl2N2O2S. The first-order chi connectivity index (χ1) is 8.84. The highest BCUT2D eigenvalue weighted by Gasteiger charge is 2.20. The van der Waals surface area contributed by atoms with Crippen molar-refractivity contribution >= 4 is 46.7 Å². The molecule has 0 aromatic heterocycles. The standard InChI is InChI=1S/C12H16Cl2N2O2S/c1-12(18,7-19-2)6-15-11(17)16-10-5-8(13)3-4-9(10)14/h3-5,18H,6-7H2,1-2H3,(H2,15,16,17). The van der Waals surface area contributed by atoms with E-state index in [0.29, 0.717) is 21.5 Å². The van der Waals surface area contributed by atoms with Gasteiger partial charge in [-0.15, -0.1) is 0 Å². The van der Waals surface area contributed by atoms with E-state index in [9.17, 15) is 9.90 Å². The first-order valence-corrected chi connectivity index (χ1v) is 7.70. The Balaban J connectivity index is 2.54. The van der Waals surface area contributed by atoms with Crippen LogP contribution in [-0.4, -0.2) is 35.3 Å². The lowest BCUT2D eigenvalue weighted by molar-refractivity contribution is 0.0876. The van der Waals surface area contributed by atoms with Crippen LogP contribution in [-0.2, 0) is 0 Å². The molecule has 0 radical (unpaired) electrons. The average Bonchev–Trinajstić information content (AvgIpc) is 2.31. The van der Waals surface area contributed by atoms with E-state index in [4.69, 9.17) is 23.2 Å². The molecule has 0 saturated heterocycles. The van der Waals surface area contributed by atoms with Crippen molar-refractivity contribution in [3.05, 3.63) is 28.2 Å². The van der Waals surface area contributed by atoms with Crippen LogP contribution in [0.5, 0.6) is 0 Å². The molecule has 1 unspecified atom stereocenters. The Hall–Kier alpha value is -0.620. The van der Waals surface area contributed by atoms with Crippen LogP contribution in [0.2, 0.25) is 10.0 Å². The fourth-order valence-corrected chi connectivity index (χ4v) is 2.45. The third-order valence-corrected chi connectivity index (χ3v) is 3.74. The smallest absolute Gasteiger partial charge is 0.319 e. The number of halogens is 2. The van der Waals surface area contributed by atoms with Crippen molar-refractivity contribution in [2.75, 3.05) is 23.9 Å². The van der Waals surface area contributed by atoms with Crippen molar-refractivity contribution < 1.29 is 9.90 Å². The molecule has 0 fully saturated rings. The second-order valence-corrected chi connectivity index (χ2v) is 6.07. The molecule has 4 nitrogen and oxygen atoms in total. The van der Waals surface area contributed by atoms with Crippen LogP contribution in [0.15, 0.2) is 18.2 Å². The van der Waals surface area contributed by atoms with Crippen LogP contribution < -0.4 is 10.6 Å². The fourth-order valence-electron chi connectivity index (χ4n) is 1.39. The molecule has 0 aliphatic heterocycles. The maximum atomic E-state index is 11.7. The van der Waals surface area contributed by atoms with Crippen LogP contribution in [0.25, 0.3) is 0 Å². The summed E-state index contributed by atoms with van der Waals surface area (Å²) in [6.45, 7) is 1.81. The Kier molecular flexibility index (Phi) is 6.26. The number of thioether (sulfide) groups is 1. The highest BCUT2D eigenvalue weighted by molar-refractivity contribution is 7.98. The number of anilines is 1. The number of rotatable bonds is 5. The van der Waals surface area contributed by atoms with Gasteiger partial charge in [-0.2, -0.15) is 11.8 Å². The molecule has 0 bridgehead atoms. The molecule has 1 rings (SSSR count). The van der Waals surface area contributed by atoms with E-state index in [0.717, 1.165) is 0 Å². The summed E-state index contributed by atoms with van der Waals surface area (Å²) in [5, 5.41) is 16.0. The predicted octanol–water partition coefficient (Wildman–Crippen LogP) is 3.23. The van der Waals surface area contributed by atoms with E-state index in [2.05, 4.69) is 10.6 Å². The maximum Gasteiger partial charge on any atom is 0.319 e. The van der Waals surface area contributed by atoms with Gasteiger partial charge in [0.1, 0.15) is 0 Å². The van der Waals surface area contributed by atoms with E-state index < -0.39 is 11.6 Å². The van der Waals surface area contributed by atoms with Crippen molar-refractivity contribution in [1.29, 1.82) is 0 Å². The number of benzene rings is 1. The SMILES string of the molecule is CSCC(C)(O)CNC(=O)Nc1cc(Cl)ccc1Cl. The van der Waals surface area contributed by atoms with Gasteiger partial charge < -0.3 is 15.7 Å². The lowest BCUT2D eigenvalue weighted by atomic mass is 10.1. The summed E-state index contributed by atoms with van der Waals surface area (Å²) in [7, 11) is 0. The molecule has 0 heterocycles. The summed E-state index contributed by atoms with van der Waals surface area (Å²) in [6.07, 6.45) is 1.89. The summed E-state index contributed by atoms with van der Waals surface area (Å²) in [5.74, 6) is 0.533. The maximum absolute atomic E-state index is 11.7. The number of nitrogens with one attached hydrogen (secondary N) is 2. The summed E-state index contributed by atoms with van der Waals surface area (Å²) in [5.41, 5.74) is -0.523. The van der Waals surface area contributed by atoms with Gasteiger partial charge in [0, 0.05) is 17.3 Å². The second-order valence-electron chi connectivity index (χ2n) is 4.36. The van der Waals surface area contributed by atoms with Gasteiger partial charge in [0.15, 0.2) is 0 Å². The second kappa shape index (κ2) is 7.24. The molecule has 106 valence electrons. The molecule has 19 heavy (non-hydrogen) atoms. The van der Waals surface area contributed by atoms with Gasteiger partial charge in [-0.05, 0) is 31.4 Å². The molecule has 0 aliphatic rings. The Morgan fingerprint density at radius 3 is 2.79 bits per heavy atom. The van der Waals surface area contributed by atoms with Crippen molar-refractivity contribution in [2.45, 2.75) is 12.5 Å². The average molecular weight is 323 g/mol. The zero-order chi connectivity index (χ0) is 14.5. The Morgan fingerprint density at radius 1 is 1.47 bits per heavy atom. The molecule has 1 aromatic carbocycles. The molecule has 1 atom stereocenters. The largest absolute Gasteiger partial charge is 0.387 e. The fraction of sp³-hybridized carbons (Fsp3) is 0.417. The third kappa shape index (κ3) is 5.91. The Labute approximate surface area is 126 Å². The highest BCUT2D eigenvalue weighted by Crippen LogP contribution is 2.25. The van der Waals surface area contributed by atoms with Crippen molar-refractivity contribution in [1.82, 2.24) is 5.32 Å². The van der Waals surface area contributed by atoms with Gasteiger partial charge in [0.25, 0.3) is 0 Å². The zero-order valence-corrected chi connectivity index (χ0v) is 13.0. The number of urea groups is 1. The van der Waals surface area contributed by atoms with E-state index in [1.807, 2.05) is 6.26 Å². The summed E-state index contributed by atoms with van der Waals surface area (Å²) in [4.78, 5) is 11.7. The lowest BCUT2D eigenvalue weighted by Gasteiger charge is -2.22. The minimum absolute atomic E-state index is 0.151. The van der Waals surface area contributed by atoms with Crippen molar-refractivity contribution in [2.24, 2.45) is 0 Å². The van der Waals surface area contributed by atoms with Crippen molar-refractivity contribution in [3.8, 4) is 0 Å². The molecule has 3 N–H and O–H groups in total. The van der Waals surface area contributed by atoms with E-state index >= 15 is 0 Å². The normalized spacial score (nSPS) is 13.7. The summed E-state index contributed by atoms with van der Waals surface area (Å²) < 4.78 is 0. The van der Waals surface area contributed by atoms with Crippen LogP contribution in [0.3, 0.4) is 0 Å². The Bertz CT molecular complexity index is 455. The minimum Gasteiger partial charge on any atom is -0.387 e. The van der Waals surface area contributed by atoms with Crippen LogP contribution in [0.4, 0.5) is 10.5 Å². The first-order valence-electron chi connectivity index (χ1n) is 5.55. The summed E-state index contributed by atoms with van der Waals surface area (Å²) in [6, 6.07) is 4.36. The Morgan fingerprint density at radius 2 is 2.16 bits per heavy atom. The van der Waals surface area contributed by atoms with Gasteiger partial charge in [-0.1, -0.05) is 23.2 Å². The number of carbonyl (C=O) groups excluding carboxylic acids is 1. The van der Waals surface area contributed by atoms with Crippen LogP contribution >= 0.6 is 35.0 Å². The van der Waals surface area contributed by atoms with Gasteiger partial charge in [-0.3, -0.25) is 0 Å². The van der Waals surface area contributed by atoms with Gasteiger partial charge in [0.05, 0.1) is 16.3 Å². The number of hydrogen-bond acceptors (Lipinski definition) is 3. The number of aliphatic hydroxyl groups is 1. The topological polar surface area (TPSA) is 61.4 Å². The molecule has 1 aromatic rings. The van der Waals surface area contributed by atoms with Crippen molar-refractivity contribution in [3.63, 3.8) is 0 Å². The molecule has 0 spiro atoms. The van der Waals surface area contributed by atoms with E-state index in [1.54, 1.807) is 25.1 Å².